The zero-order valence-corrected chi connectivity index (χ0v) is 6.25. The van der Waals surface area contributed by atoms with Crippen LogP contribution in [0.15, 0.2) is 36.6 Å². The number of rotatable bonds is 1. The van der Waals surface area contributed by atoms with Crippen LogP contribution in [0.25, 0.3) is 0 Å². The molecule has 1 aliphatic rings. The van der Waals surface area contributed by atoms with Gasteiger partial charge < -0.3 is 5.11 Å². The zero-order chi connectivity index (χ0) is 8.32. The summed E-state index contributed by atoms with van der Waals surface area (Å²) >= 11 is 0. The largest absolute Gasteiger partial charge is 0.512 e. The normalized spacial score (nSPS) is 28.8. The van der Waals surface area contributed by atoms with Crippen LogP contribution in [0, 0.1) is 17.8 Å². The van der Waals surface area contributed by atoms with Crippen LogP contribution in [-0.4, -0.2) is 5.11 Å². The number of allylic oxidation sites excluding steroid dienone is 5. The number of hydrogen-bond donors (Lipinski definition) is 1. The molecule has 0 aromatic carbocycles. The molecule has 1 nitrogen and oxygen atoms in total. The van der Waals surface area contributed by atoms with E-state index in [1.807, 2.05) is 6.08 Å². The molecule has 0 amide bonds. The first-order valence-corrected chi connectivity index (χ1v) is 3.41. The monoisotopic (exact) mass is 146 g/mol. The Morgan fingerprint density at radius 2 is 2.55 bits per heavy atom. The summed E-state index contributed by atoms with van der Waals surface area (Å²) in [5.41, 5.74) is -0.473. The van der Waals surface area contributed by atoms with Gasteiger partial charge in [0.15, 0.2) is 0 Å². The van der Waals surface area contributed by atoms with Crippen LogP contribution in [0.1, 0.15) is 6.42 Å². The molecule has 0 saturated heterocycles. The van der Waals surface area contributed by atoms with E-state index >= 15 is 0 Å². The van der Waals surface area contributed by atoms with Gasteiger partial charge in [-0.3, -0.25) is 0 Å². The second-order valence-electron chi connectivity index (χ2n) is 2.58. The molecule has 0 aromatic rings. The molecule has 0 radical (unpaired) electrons. The van der Waals surface area contributed by atoms with Crippen LogP contribution in [0.3, 0.4) is 0 Å². The standard InChI is InChI=1S/C10H10O/c1-3-10(4-2)7-5-6-9(11)8-10/h1,4-7,11H,2,8H2. The first-order chi connectivity index (χ1) is 5.22. The van der Waals surface area contributed by atoms with Gasteiger partial charge in [0.25, 0.3) is 0 Å². The minimum atomic E-state index is -0.473. The quantitative estimate of drug-likeness (QED) is 0.444. The molecule has 1 aliphatic carbocycles. The van der Waals surface area contributed by atoms with Crippen molar-refractivity contribution in [2.24, 2.45) is 5.41 Å². The van der Waals surface area contributed by atoms with Crippen molar-refractivity contribution in [2.75, 3.05) is 0 Å². The highest BCUT2D eigenvalue weighted by Gasteiger charge is 2.23. The van der Waals surface area contributed by atoms with Gasteiger partial charge >= 0.3 is 0 Å². The SMILES string of the molecule is C#CC1(C=C)C=CC=C(O)C1. The Kier molecular flexibility index (Phi) is 1.87. The van der Waals surface area contributed by atoms with Gasteiger partial charge in [-0.1, -0.05) is 24.1 Å². The summed E-state index contributed by atoms with van der Waals surface area (Å²) in [5, 5.41) is 9.17. The van der Waals surface area contributed by atoms with Crippen LogP contribution < -0.4 is 0 Å². The molecule has 1 atom stereocenters. The fourth-order valence-electron chi connectivity index (χ4n) is 1.05. The van der Waals surface area contributed by atoms with Crippen LogP contribution in [-0.2, 0) is 0 Å². The Morgan fingerprint density at radius 3 is 2.91 bits per heavy atom. The molecule has 56 valence electrons. The summed E-state index contributed by atoms with van der Waals surface area (Å²) in [5.74, 6) is 2.90. The lowest BCUT2D eigenvalue weighted by atomic mass is 9.82. The number of aliphatic hydroxyl groups is 1. The first kappa shape index (κ1) is 7.68. The highest BCUT2D eigenvalue weighted by Crippen LogP contribution is 2.30. The minimum absolute atomic E-state index is 0.311. The average molecular weight is 146 g/mol. The zero-order valence-electron chi connectivity index (χ0n) is 6.25. The summed E-state index contributed by atoms with van der Waals surface area (Å²) in [7, 11) is 0. The molecule has 0 fully saturated rings. The van der Waals surface area contributed by atoms with Gasteiger partial charge in [0.1, 0.15) is 0 Å². The van der Waals surface area contributed by atoms with E-state index in [0.29, 0.717) is 12.2 Å². The Balaban J connectivity index is 2.94. The second-order valence-corrected chi connectivity index (χ2v) is 2.58. The predicted octanol–water partition coefficient (Wildman–Crippen LogP) is 2.19. The molecule has 1 rings (SSSR count). The topological polar surface area (TPSA) is 20.2 Å². The Labute approximate surface area is 66.7 Å². The molecular formula is C10H10O. The summed E-state index contributed by atoms with van der Waals surface area (Å²) < 4.78 is 0. The fraction of sp³-hybridized carbons (Fsp3) is 0.200. The summed E-state index contributed by atoms with van der Waals surface area (Å²) in [6.07, 6.45) is 12.7. The van der Waals surface area contributed by atoms with Crippen molar-refractivity contribution < 1.29 is 5.11 Å². The van der Waals surface area contributed by atoms with Gasteiger partial charge in [-0.15, -0.1) is 13.0 Å². The molecule has 0 aliphatic heterocycles. The smallest absolute Gasteiger partial charge is 0.0944 e. The molecule has 0 heterocycles. The van der Waals surface area contributed by atoms with Crippen molar-refractivity contribution >= 4 is 0 Å². The maximum absolute atomic E-state index is 9.17. The van der Waals surface area contributed by atoms with Gasteiger partial charge in [-0.2, -0.15) is 0 Å². The van der Waals surface area contributed by atoms with Crippen LogP contribution in [0.5, 0.6) is 0 Å². The number of aliphatic hydroxyl groups excluding tert-OH is 1. The van der Waals surface area contributed by atoms with E-state index in [9.17, 15) is 5.11 Å². The van der Waals surface area contributed by atoms with Crippen molar-refractivity contribution in [2.45, 2.75) is 6.42 Å². The van der Waals surface area contributed by atoms with Gasteiger partial charge in [-0.05, 0) is 6.08 Å². The predicted molar refractivity (Wildman–Crippen MR) is 45.9 cm³/mol. The molecule has 0 spiro atoms. The van der Waals surface area contributed by atoms with Crippen LogP contribution in [0.4, 0.5) is 0 Å². The van der Waals surface area contributed by atoms with Crippen molar-refractivity contribution in [1.82, 2.24) is 0 Å². The third-order valence-electron chi connectivity index (χ3n) is 1.79. The maximum Gasteiger partial charge on any atom is 0.0944 e. The van der Waals surface area contributed by atoms with E-state index in [2.05, 4.69) is 12.5 Å². The van der Waals surface area contributed by atoms with Crippen molar-refractivity contribution in [3.63, 3.8) is 0 Å². The third kappa shape index (κ3) is 1.35. The van der Waals surface area contributed by atoms with Crippen molar-refractivity contribution in [1.29, 1.82) is 0 Å². The lowest BCUT2D eigenvalue weighted by Crippen LogP contribution is -2.14. The van der Waals surface area contributed by atoms with Gasteiger partial charge in [-0.25, -0.2) is 0 Å². The molecule has 0 saturated carbocycles. The summed E-state index contributed by atoms with van der Waals surface area (Å²) in [6, 6.07) is 0. The Bertz CT molecular complexity index is 265. The second kappa shape index (κ2) is 2.67. The number of terminal acetylenes is 1. The molecule has 0 bridgehead atoms. The van der Waals surface area contributed by atoms with Crippen LogP contribution >= 0.6 is 0 Å². The highest BCUT2D eigenvalue weighted by molar-refractivity contribution is 5.32. The highest BCUT2D eigenvalue weighted by atomic mass is 16.3. The number of hydrogen-bond acceptors (Lipinski definition) is 1. The van der Waals surface area contributed by atoms with Gasteiger partial charge in [0, 0.05) is 6.42 Å². The lowest BCUT2D eigenvalue weighted by molar-refractivity contribution is 0.359. The van der Waals surface area contributed by atoms with Gasteiger partial charge in [0.05, 0.1) is 11.2 Å². The molecule has 11 heavy (non-hydrogen) atoms. The molecule has 1 N–H and O–H groups in total. The molecule has 1 unspecified atom stereocenters. The lowest BCUT2D eigenvalue weighted by Gasteiger charge is -2.21. The van der Waals surface area contributed by atoms with Gasteiger partial charge in [0.2, 0.25) is 0 Å². The van der Waals surface area contributed by atoms with Crippen molar-refractivity contribution in [3.05, 3.63) is 36.6 Å². The maximum atomic E-state index is 9.17. The van der Waals surface area contributed by atoms with E-state index in [1.165, 1.54) is 0 Å². The van der Waals surface area contributed by atoms with Crippen LogP contribution in [0.2, 0.25) is 0 Å². The summed E-state index contributed by atoms with van der Waals surface area (Å²) in [4.78, 5) is 0. The third-order valence-corrected chi connectivity index (χ3v) is 1.79. The van der Waals surface area contributed by atoms with E-state index in [1.54, 1.807) is 18.2 Å². The minimum Gasteiger partial charge on any atom is -0.512 e. The molecule has 0 aromatic heterocycles. The first-order valence-electron chi connectivity index (χ1n) is 3.41. The fourth-order valence-corrected chi connectivity index (χ4v) is 1.05. The Morgan fingerprint density at radius 1 is 1.82 bits per heavy atom. The average Bonchev–Trinajstić information content (AvgIpc) is 2.04. The molecular weight excluding hydrogens is 136 g/mol. The van der Waals surface area contributed by atoms with E-state index in [4.69, 9.17) is 6.42 Å². The van der Waals surface area contributed by atoms with E-state index < -0.39 is 5.41 Å². The van der Waals surface area contributed by atoms with E-state index in [0.717, 1.165) is 0 Å². The molecule has 1 heteroatoms. The van der Waals surface area contributed by atoms with E-state index in [-0.39, 0.29) is 0 Å². The van der Waals surface area contributed by atoms with Crippen molar-refractivity contribution in [3.8, 4) is 12.3 Å². The Hall–Kier alpha value is -1.42. The summed E-state index contributed by atoms with van der Waals surface area (Å²) in [6.45, 7) is 3.63.